The Morgan fingerprint density at radius 2 is 2.12 bits per heavy atom. The van der Waals surface area contributed by atoms with Gasteiger partial charge in [-0.2, -0.15) is 0 Å². The van der Waals surface area contributed by atoms with Gasteiger partial charge in [0.05, 0.1) is 0 Å². The molecule has 1 aromatic rings. The molecule has 0 amide bonds. The maximum absolute atomic E-state index is 6.09. The Kier molecular flexibility index (Phi) is 3.80. The predicted octanol–water partition coefficient (Wildman–Crippen LogP) is 6.38. The summed E-state index contributed by atoms with van der Waals surface area (Å²) in [6.07, 6.45) is 11.3. The van der Waals surface area contributed by atoms with E-state index in [1.165, 1.54) is 27.9 Å². The van der Waals surface area contributed by atoms with E-state index in [0.717, 1.165) is 37.2 Å². The summed E-state index contributed by atoms with van der Waals surface area (Å²) in [4.78, 5) is 0. The van der Waals surface area contributed by atoms with Crippen LogP contribution in [0.1, 0.15) is 51.0 Å². The highest BCUT2D eigenvalue weighted by molar-refractivity contribution is 5.57. The van der Waals surface area contributed by atoms with Gasteiger partial charge in [-0.3, -0.25) is 0 Å². The molecule has 0 fully saturated rings. The first-order valence-corrected chi connectivity index (χ1v) is 8.85. The number of allylic oxidation sites excluding steroid dienone is 9. The average molecular weight is 316 g/mol. The van der Waals surface area contributed by atoms with E-state index in [0.29, 0.717) is 5.92 Å². The second-order valence-corrected chi connectivity index (χ2v) is 7.20. The summed E-state index contributed by atoms with van der Waals surface area (Å²) in [5.41, 5.74) is 8.39. The van der Waals surface area contributed by atoms with Crippen LogP contribution < -0.4 is 4.74 Å². The second kappa shape index (κ2) is 5.98. The summed E-state index contributed by atoms with van der Waals surface area (Å²) in [5.74, 6) is 2.51. The molecule has 2 aliphatic carbocycles. The SMILES string of the molecule is C=C(C)CC1=C(C2=C(C)C=C3Oc4ccccc4C3C2)C=CCC1. The van der Waals surface area contributed by atoms with E-state index in [1.807, 2.05) is 0 Å². The number of para-hydroxylation sites is 1. The molecule has 0 spiro atoms. The quantitative estimate of drug-likeness (QED) is 0.588. The van der Waals surface area contributed by atoms with Crippen molar-refractivity contribution in [2.75, 3.05) is 0 Å². The molecule has 1 aliphatic heterocycles. The standard InChI is InChI=1S/C23H24O/c1-15(2)12-17-8-4-5-9-18(17)20-14-21-19-10-6-7-11-22(19)24-23(21)13-16(20)3/h5-7,9-11,13,21H,1,4,8,12,14H2,2-3H3. The third-order valence-corrected chi connectivity index (χ3v) is 5.23. The Morgan fingerprint density at radius 3 is 2.96 bits per heavy atom. The Hall–Kier alpha value is -2.28. The summed E-state index contributed by atoms with van der Waals surface area (Å²) in [7, 11) is 0. The van der Waals surface area contributed by atoms with E-state index in [9.17, 15) is 0 Å². The van der Waals surface area contributed by atoms with Crippen LogP contribution in [0.4, 0.5) is 0 Å². The van der Waals surface area contributed by atoms with Crippen LogP contribution in [0.3, 0.4) is 0 Å². The van der Waals surface area contributed by atoms with Gasteiger partial charge in [0, 0.05) is 11.5 Å². The van der Waals surface area contributed by atoms with Crippen LogP contribution >= 0.6 is 0 Å². The van der Waals surface area contributed by atoms with Gasteiger partial charge in [0.2, 0.25) is 0 Å². The highest BCUT2D eigenvalue weighted by atomic mass is 16.5. The van der Waals surface area contributed by atoms with Crippen LogP contribution in [0.15, 0.2) is 82.7 Å². The number of ether oxygens (including phenoxy) is 1. The molecule has 3 aliphatic rings. The molecule has 1 atom stereocenters. The molecule has 0 bridgehead atoms. The molecule has 1 heterocycles. The molecule has 0 radical (unpaired) electrons. The number of hydrogen-bond acceptors (Lipinski definition) is 1. The highest BCUT2D eigenvalue weighted by Gasteiger charge is 2.34. The van der Waals surface area contributed by atoms with E-state index in [4.69, 9.17) is 4.74 Å². The third kappa shape index (κ3) is 2.58. The summed E-state index contributed by atoms with van der Waals surface area (Å²) in [6.45, 7) is 8.47. The van der Waals surface area contributed by atoms with Crippen molar-refractivity contribution in [1.82, 2.24) is 0 Å². The Bertz CT molecular complexity index is 829. The topological polar surface area (TPSA) is 9.23 Å². The van der Waals surface area contributed by atoms with Gasteiger partial charge in [-0.1, -0.05) is 48.1 Å². The monoisotopic (exact) mass is 316 g/mol. The maximum atomic E-state index is 6.09. The molecule has 0 saturated carbocycles. The molecule has 122 valence electrons. The summed E-state index contributed by atoms with van der Waals surface area (Å²) in [5, 5.41) is 0. The maximum Gasteiger partial charge on any atom is 0.130 e. The predicted molar refractivity (Wildman–Crippen MR) is 100 cm³/mol. The lowest BCUT2D eigenvalue weighted by Gasteiger charge is -2.26. The highest BCUT2D eigenvalue weighted by Crippen LogP contribution is 2.49. The zero-order valence-electron chi connectivity index (χ0n) is 14.6. The molecular formula is C23H24O. The second-order valence-electron chi connectivity index (χ2n) is 7.20. The molecule has 24 heavy (non-hydrogen) atoms. The van der Waals surface area contributed by atoms with E-state index in [-0.39, 0.29) is 0 Å². The summed E-state index contributed by atoms with van der Waals surface area (Å²) >= 11 is 0. The molecule has 0 N–H and O–H groups in total. The van der Waals surface area contributed by atoms with Crippen molar-refractivity contribution in [3.63, 3.8) is 0 Å². The van der Waals surface area contributed by atoms with Crippen LogP contribution in [-0.4, -0.2) is 0 Å². The zero-order valence-corrected chi connectivity index (χ0v) is 14.6. The minimum absolute atomic E-state index is 0.369. The van der Waals surface area contributed by atoms with Gasteiger partial charge in [-0.05, 0) is 68.4 Å². The number of benzene rings is 1. The largest absolute Gasteiger partial charge is 0.461 e. The average Bonchev–Trinajstić information content (AvgIpc) is 2.91. The lowest BCUT2D eigenvalue weighted by molar-refractivity contribution is 0.422. The van der Waals surface area contributed by atoms with Crippen molar-refractivity contribution in [3.05, 3.63) is 88.3 Å². The zero-order chi connectivity index (χ0) is 16.7. The van der Waals surface area contributed by atoms with Crippen molar-refractivity contribution < 1.29 is 4.74 Å². The molecule has 1 heteroatoms. The fourth-order valence-corrected chi connectivity index (χ4v) is 4.11. The summed E-state index contributed by atoms with van der Waals surface area (Å²) < 4.78 is 6.09. The normalized spacial score (nSPS) is 22.1. The van der Waals surface area contributed by atoms with Crippen molar-refractivity contribution in [3.8, 4) is 5.75 Å². The smallest absolute Gasteiger partial charge is 0.130 e. The van der Waals surface area contributed by atoms with Crippen LogP contribution in [0.2, 0.25) is 0 Å². The molecule has 1 aromatic carbocycles. The Balaban J connectivity index is 1.75. The first-order chi connectivity index (χ1) is 11.6. The van der Waals surface area contributed by atoms with Crippen molar-refractivity contribution in [2.24, 2.45) is 0 Å². The van der Waals surface area contributed by atoms with E-state index in [1.54, 1.807) is 5.57 Å². The van der Waals surface area contributed by atoms with Gasteiger partial charge in [-0.25, -0.2) is 0 Å². The molecule has 1 unspecified atom stereocenters. The van der Waals surface area contributed by atoms with Crippen molar-refractivity contribution in [2.45, 2.75) is 45.4 Å². The first kappa shape index (κ1) is 15.3. The minimum Gasteiger partial charge on any atom is -0.461 e. The Morgan fingerprint density at radius 1 is 1.29 bits per heavy atom. The molecular weight excluding hydrogens is 292 g/mol. The summed E-state index contributed by atoms with van der Waals surface area (Å²) in [6, 6.07) is 8.45. The number of hydrogen-bond donors (Lipinski definition) is 0. The Labute approximate surface area is 144 Å². The van der Waals surface area contributed by atoms with Crippen LogP contribution in [0.5, 0.6) is 5.75 Å². The molecule has 0 aromatic heterocycles. The molecule has 1 nitrogen and oxygen atoms in total. The van der Waals surface area contributed by atoms with Crippen LogP contribution in [-0.2, 0) is 0 Å². The van der Waals surface area contributed by atoms with Gasteiger partial charge in [0.1, 0.15) is 11.5 Å². The minimum atomic E-state index is 0.369. The first-order valence-electron chi connectivity index (χ1n) is 8.85. The number of fused-ring (bicyclic) bond motifs is 3. The van der Waals surface area contributed by atoms with Crippen molar-refractivity contribution in [1.29, 1.82) is 0 Å². The van der Waals surface area contributed by atoms with Gasteiger partial charge >= 0.3 is 0 Å². The lowest BCUT2D eigenvalue weighted by Crippen LogP contribution is -2.10. The van der Waals surface area contributed by atoms with Gasteiger partial charge in [-0.15, -0.1) is 0 Å². The van der Waals surface area contributed by atoms with Crippen LogP contribution in [0, 0.1) is 0 Å². The third-order valence-electron chi connectivity index (χ3n) is 5.23. The fourth-order valence-electron chi connectivity index (χ4n) is 4.11. The lowest BCUT2D eigenvalue weighted by atomic mass is 9.78. The van der Waals surface area contributed by atoms with Crippen molar-refractivity contribution >= 4 is 0 Å². The fraction of sp³-hybridized carbons (Fsp3) is 0.304. The van der Waals surface area contributed by atoms with Gasteiger partial charge < -0.3 is 4.74 Å². The van der Waals surface area contributed by atoms with E-state index >= 15 is 0 Å². The van der Waals surface area contributed by atoms with Gasteiger partial charge in [0.25, 0.3) is 0 Å². The number of rotatable bonds is 3. The van der Waals surface area contributed by atoms with E-state index in [2.05, 4.69) is 62.9 Å². The molecule has 0 saturated heterocycles. The molecule has 4 rings (SSSR count). The van der Waals surface area contributed by atoms with E-state index < -0.39 is 0 Å². The van der Waals surface area contributed by atoms with Crippen LogP contribution in [0.25, 0.3) is 0 Å². The van der Waals surface area contributed by atoms with Gasteiger partial charge in [0.15, 0.2) is 0 Å².